The Kier molecular flexibility index (Phi) is 5.08. The van der Waals surface area contributed by atoms with Crippen LogP contribution < -0.4 is 5.32 Å². The molecule has 1 unspecified atom stereocenters. The lowest BCUT2D eigenvalue weighted by Gasteiger charge is -2.15. The average Bonchev–Trinajstić information content (AvgIpc) is 2.27. The van der Waals surface area contributed by atoms with Gasteiger partial charge in [-0.2, -0.15) is 0 Å². The van der Waals surface area contributed by atoms with Crippen molar-refractivity contribution in [3.05, 3.63) is 27.4 Å². The van der Waals surface area contributed by atoms with Gasteiger partial charge in [-0.1, -0.05) is 11.6 Å². The number of rotatable bonds is 6. The zero-order valence-corrected chi connectivity index (χ0v) is 9.85. The molecule has 7 nitrogen and oxygen atoms in total. The fourth-order valence-corrected chi connectivity index (χ4v) is 1.42. The number of ether oxygens (including phenoxy) is 1. The molecule has 0 saturated heterocycles. The Hall–Kier alpha value is -1.44. The maximum atomic E-state index is 10.6. The lowest BCUT2D eigenvalue weighted by atomic mass is 10.3. The standard InChI is InChI=1S/C9H12ClN3O4/c1-17-5-6(4-14)11-9-3-7(13(15)16)2-8(10)12-9/h2-3,6,14H,4-5H2,1H3,(H,11,12). The zero-order chi connectivity index (χ0) is 12.8. The van der Waals surface area contributed by atoms with E-state index in [1.165, 1.54) is 13.2 Å². The molecule has 0 saturated carbocycles. The summed E-state index contributed by atoms with van der Waals surface area (Å²) in [6.07, 6.45) is 0. The summed E-state index contributed by atoms with van der Waals surface area (Å²) in [6.45, 7) is 0.0638. The minimum atomic E-state index is -0.566. The molecule has 0 amide bonds. The molecule has 0 aliphatic carbocycles. The van der Waals surface area contributed by atoms with Gasteiger partial charge in [0.2, 0.25) is 0 Å². The quantitative estimate of drug-likeness (QED) is 0.451. The van der Waals surface area contributed by atoms with Crippen molar-refractivity contribution in [3.63, 3.8) is 0 Å². The highest BCUT2D eigenvalue weighted by atomic mass is 35.5. The highest BCUT2D eigenvalue weighted by Crippen LogP contribution is 2.20. The molecule has 0 aliphatic rings. The van der Waals surface area contributed by atoms with E-state index in [9.17, 15) is 10.1 Å². The second-order valence-electron chi connectivity index (χ2n) is 3.27. The van der Waals surface area contributed by atoms with E-state index in [1.807, 2.05) is 0 Å². The van der Waals surface area contributed by atoms with Crippen LogP contribution in [0.2, 0.25) is 5.15 Å². The minimum absolute atomic E-state index is 0.0100. The normalized spacial score (nSPS) is 12.2. The van der Waals surface area contributed by atoms with E-state index in [0.717, 1.165) is 6.07 Å². The molecule has 0 aliphatic heterocycles. The number of nitrogens with zero attached hydrogens (tertiary/aromatic N) is 2. The summed E-state index contributed by atoms with van der Waals surface area (Å²) < 4.78 is 4.86. The van der Waals surface area contributed by atoms with Gasteiger partial charge in [-0.15, -0.1) is 0 Å². The molecule has 1 aromatic heterocycles. The van der Waals surface area contributed by atoms with Crippen LogP contribution in [0.4, 0.5) is 11.5 Å². The number of methoxy groups -OCH3 is 1. The Morgan fingerprint density at radius 3 is 2.94 bits per heavy atom. The van der Waals surface area contributed by atoms with Crippen molar-refractivity contribution in [1.82, 2.24) is 4.98 Å². The van der Waals surface area contributed by atoms with Crippen LogP contribution >= 0.6 is 11.6 Å². The van der Waals surface area contributed by atoms with Crippen molar-refractivity contribution in [2.75, 3.05) is 25.6 Å². The van der Waals surface area contributed by atoms with Gasteiger partial charge in [-0.3, -0.25) is 10.1 Å². The summed E-state index contributed by atoms with van der Waals surface area (Å²) in [5.74, 6) is 0.223. The Morgan fingerprint density at radius 1 is 1.71 bits per heavy atom. The van der Waals surface area contributed by atoms with E-state index in [1.54, 1.807) is 0 Å². The number of nitrogens with one attached hydrogen (secondary N) is 1. The SMILES string of the molecule is COCC(CO)Nc1cc([N+](=O)[O-])cc(Cl)n1. The van der Waals surface area contributed by atoms with Gasteiger partial charge >= 0.3 is 0 Å². The largest absolute Gasteiger partial charge is 0.394 e. The molecular weight excluding hydrogens is 250 g/mol. The number of aromatic nitrogens is 1. The number of hydrogen-bond donors (Lipinski definition) is 2. The molecule has 0 bridgehead atoms. The van der Waals surface area contributed by atoms with E-state index in [0.29, 0.717) is 0 Å². The van der Waals surface area contributed by atoms with Crippen LogP contribution in [0.1, 0.15) is 0 Å². The summed E-state index contributed by atoms with van der Waals surface area (Å²) in [7, 11) is 1.48. The first-order valence-corrected chi connectivity index (χ1v) is 5.13. The number of pyridine rings is 1. The predicted octanol–water partition coefficient (Wildman–Crippen LogP) is 1.06. The molecule has 94 valence electrons. The molecule has 2 N–H and O–H groups in total. The summed E-state index contributed by atoms with van der Waals surface area (Å²) in [5.41, 5.74) is -0.165. The second kappa shape index (κ2) is 6.33. The molecule has 0 fully saturated rings. The summed E-state index contributed by atoms with van der Waals surface area (Å²) >= 11 is 5.65. The van der Waals surface area contributed by atoms with Crippen molar-refractivity contribution in [1.29, 1.82) is 0 Å². The summed E-state index contributed by atoms with van der Waals surface area (Å²) in [4.78, 5) is 13.9. The van der Waals surface area contributed by atoms with Crippen LogP contribution in [0.15, 0.2) is 12.1 Å². The molecule has 0 radical (unpaired) electrons. The van der Waals surface area contributed by atoms with Gasteiger partial charge < -0.3 is 15.2 Å². The number of aliphatic hydroxyl groups is 1. The molecule has 1 aromatic rings. The van der Waals surface area contributed by atoms with Crippen LogP contribution in [-0.2, 0) is 4.74 Å². The Bertz CT molecular complexity index is 402. The van der Waals surface area contributed by atoms with Crippen molar-refractivity contribution in [2.24, 2.45) is 0 Å². The van der Waals surface area contributed by atoms with Gasteiger partial charge in [0.1, 0.15) is 11.0 Å². The first kappa shape index (κ1) is 13.6. The van der Waals surface area contributed by atoms with Gasteiger partial charge in [0.25, 0.3) is 5.69 Å². The van der Waals surface area contributed by atoms with Crippen LogP contribution in [0.3, 0.4) is 0 Å². The lowest BCUT2D eigenvalue weighted by Crippen LogP contribution is -2.29. The van der Waals surface area contributed by atoms with Crippen molar-refractivity contribution >= 4 is 23.1 Å². The lowest BCUT2D eigenvalue weighted by molar-refractivity contribution is -0.384. The van der Waals surface area contributed by atoms with Crippen LogP contribution in [-0.4, -0.2) is 41.4 Å². The van der Waals surface area contributed by atoms with Crippen LogP contribution in [0.5, 0.6) is 0 Å². The molecule has 17 heavy (non-hydrogen) atoms. The highest BCUT2D eigenvalue weighted by Gasteiger charge is 2.13. The number of hydrogen-bond acceptors (Lipinski definition) is 6. The number of aliphatic hydroxyl groups excluding tert-OH is 1. The van der Waals surface area contributed by atoms with E-state index in [2.05, 4.69) is 10.3 Å². The van der Waals surface area contributed by atoms with Gasteiger partial charge in [-0.05, 0) is 0 Å². The van der Waals surface area contributed by atoms with Crippen molar-refractivity contribution < 1.29 is 14.8 Å². The fourth-order valence-electron chi connectivity index (χ4n) is 1.21. The molecule has 8 heteroatoms. The number of nitro groups is 1. The Morgan fingerprint density at radius 2 is 2.41 bits per heavy atom. The number of halogens is 1. The van der Waals surface area contributed by atoms with Crippen molar-refractivity contribution in [3.8, 4) is 0 Å². The third kappa shape index (κ3) is 4.14. The molecule has 1 rings (SSSR count). The third-order valence-electron chi connectivity index (χ3n) is 1.93. The van der Waals surface area contributed by atoms with Crippen LogP contribution in [0.25, 0.3) is 0 Å². The van der Waals surface area contributed by atoms with E-state index in [-0.39, 0.29) is 29.9 Å². The van der Waals surface area contributed by atoms with Gasteiger partial charge in [-0.25, -0.2) is 4.98 Å². The third-order valence-corrected chi connectivity index (χ3v) is 2.12. The summed E-state index contributed by atoms with van der Waals surface area (Å²) in [5, 5.41) is 22.4. The van der Waals surface area contributed by atoms with Gasteiger partial charge in [0.05, 0.1) is 36.3 Å². The average molecular weight is 262 g/mol. The molecular formula is C9H12ClN3O4. The smallest absolute Gasteiger partial charge is 0.276 e. The first-order chi connectivity index (χ1) is 8.06. The van der Waals surface area contributed by atoms with Gasteiger partial charge in [0.15, 0.2) is 0 Å². The molecule has 0 spiro atoms. The minimum Gasteiger partial charge on any atom is -0.394 e. The highest BCUT2D eigenvalue weighted by molar-refractivity contribution is 6.29. The summed E-state index contributed by atoms with van der Waals surface area (Å²) in [6, 6.07) is 1.99. The number of anilines is 1. The van der Waals surface area contributed by atoms with E-state index < -0.39 is 11.0 Å². The Labute approximate surface area is 103 Å². The Balaban J connectivity index is 2.86. The second-order valence-corrected chi connectivity index (χ2v) is 3.66. The zero-order valence-electron chi connectivity index (χ0n) is 9.09. The molecule has 1 atom stereocenters. The van der Waals surface area contributed by atoms with Crippen molar-refractivity contribution in [2.45, 2.75) is 6.04 Å². The van der Waals surface area contributed by atoms with E-state index >= 15 is 0 Å². The van der Waals surface area contributed by atoms with E-state index in [4.69, 9.17) is 21.4 Å². The predicted molar refractivity (Wildman–Crippen MR) is 62.3 cm³/mol. The molecule has 0 aromatic carbocycles. The van der Waals surface area contributed by atoms with Crippen LogP contribution in [0, 0.1) is 10.1 Å². The monoisotopic (exact) mass is 261 g/mol. The maximum Gasteiger partial charge on any atom is 0.276 e. The molecule has 1 heterocycles. The topological polar surface area (TPSA) is 97.5 Å². The van der Waals surface area contributed by atoms with Gasteiger partial charge in [0, 0.05) is 7.11 Å². The maximum absolute atomic E-state index is 10.6. The fraction of sp³-hybridized carbons (Fsp3) is 0.444. The first-order valence-electron chi connectivity index (χ1n) is 4.75.